The third kappa shape index (κ3) is 39.0. The van der Waals surface area contributed by atoms with Gasteiger partial charge in [0.25, 0.3) is 7.82 Å². The van der Waals surface area contributed by atoms with E-state index >= 15 is 0 Å². The van der Waals surface area contributed by atoms with Crippen molar-refractivity contribution < 1.29 is 32.9 Å². The molecule has 2 N–H and O–H groups in total. The van der Waals surface area contributed by atoms with E-state index in [0.717, 1.165) is 38.5 Å². The van der Waals surface area contributed by atoms with Crippen LogP contribution in [0.25, 0.3) is 0 Å². The predicted octanol–water partition coefficient (Wildman–Crippen LogP) is 11.7. The summed E-state index contributed by atoms with van der Waals surface area (Å²) in [5.74, 6) is -0.213. The molecule has 0 aliphatic carbocycles. The summed E-state index contributed by atoms with van der Waals surface area (Å²) < 4.78 is 23.2. The van der Waals surface area contributed by atoms with E-state index in [-0.39, 0.29) is 12.5 Å². The number of aliphatic hydroxyl groups is 1. The van der Waals surface area contributed by atoms with Gasteiger partial charge in [-0.2, -0.15) is 0 Å². The van der Waals surface area contributed by atoms with Crippen molar-refractivity contribution in [2.24, 2.45) is 0 Å². The zero-order valence-corrected chi connectivity index (χ0v) is 36.8. The van der Waals surface area contributed by atoms with Crippen LogP contribution in [0.15, 0.2) is 36.5 Å². The Balaban J connectivity index is 4.45. The van der Waals surface area contributed by atoms with E-state index in [1.54, 1.807) is 6.08 Å². The fourth-order valence-corrected chi connectivity index (χ4v) is 6.94. The number of hydrogen-bond donors (Lipinski definition) is 2. The molecule has 0 heterocycles. The molecule has 0 aliphatic rings. The molecule has 0 spiro atoms. The van der Waals surface area contributed by atoms with Crippen LogP contribution < -0.4 is 10.2 Å². The Labute approximate surface area is 334 Å². The molecule has 3 unspecified atom stereocenters. The van der Waals surface area contributed by atoms with Crippen molar-refractivity contribution in [1.29, 1.82) is 0 Å². The number of likely N-dealkylation sites (N-methyl/N-ethyl adjacent to an activating group) is 1. The minimum atomic E-state index is -4.59. The van der Waals surface area contributed by atoms with Crippen molar-refractivity contribution in [3.05, 3.63) is 36.5 Å². The highest BCUT2D eigenvalue weighted by atomic mass is 31.2. The van der Waals surface area contributed by atoms with Crippen molar-refractivity contribution in [2.75, 3.05) is 40.9 Å². The van der Waals surface area contributed by atoms with Gasteiger partial charge in [-0.25, -0.2) is 0 Å². The number of carbonyl (C=O) groups excluding carboxylic acids is 1. The molecule has 0 aromatic carbocycles. The highest BCUT2D eigenvalue weighted by Crippen LogP contribution is 2.38. The second-order valence-corrected chi connectivity index (χ2v) is 17.8. The molecule has 9 heteroatoms. The predicted molar refractivity (Wildman–Crippen MR) is 228 cm³/mol. The first-order valence-electron chi connectivity index (χ1n) is 22.4. The van der Waals surface area contributed by atoms with E-state index < -0.39 is 26.6 Å². The summed E-state index contributed by atoms with van der Waals surface area (Å²) in [7, 11) is 1.24. The number of rotatable bonds is 40. The third-order valence-corrected chi connectivity index (χ3v) is 10.8. The normalized spacial score (nSPS) is 14.7. The fourth-order valence-electron chi connectivity index (χ4n) is 6.22. The number of phosphoric acid groups is 1. The van der Waals surface area contributed by atoms with Gasteiger partial charge in [0.15, 0.2) is 0 Å². The van der Waals surface area contributed by atoms with Gasteiger partial charge in [0.2, 0.25) is 5.91 Å². The maximum atomic E-state index is 12.8. The number of nitrogens with one attached hydrogen (secondary N) is 1. The van der Waals surface area contributed by atoms with Gasteiger partial charge in [0.1, 0.15) is 13.2 Å². The molecule has 0 aliphatic heterocycles. The lowest BCUT2D eigenvalue weighted by Gasteiger charge is -2.29. The average molecular weight is 783 g/mol. The zero-order chi connectivity index (χ0) is 40.0. The van der Waals surface area contributed by atoms with Crippen molar-refractivity contribution in [2.45, 2.75) is 206 Å². The second kappa shape index (κ2) is 37.3. The molecule has 0 fully saturated rings. The quantitative estimate of drug-likeness (QED) is 0.0277. The third-order valence-electron chi connectivity index (χ3n) is 9.82. The Morgan fingerprint density at radius 3 is 1.50 bits per heavy atom. The van der Waals surface area contributed by atoms with E-state index in [1.165, 1.54) is 135 Å². The molecule has 8 nitrogen and oxygen atoms in total. The molecule has 0 bridgehead atoms. The molecule has 54 heavy (non-hydrogen) atoms. The van der Waals surface area contributed by atoms with Crippen molar-refractivity contribution >= 4 is 13.7 Å². The average Bonchev–Trinajstić information content (AvgIpc) is 3.12. The summed E-state index contributed by atoms with van der Waals surface area (Å²) in [5, 5.41) is 13.7. The number of nitrogens with zero attached hydrogens (tertiary/aromatic N) is 1. The lowest BCUT2D eigenvalue weighted by molar-refractivity contribution is -0.870. The summed E-state index contributed by atoms with van der Waals surface area (Å²) in [5.41, 5.74) is 0. The van der Waals surface area contributed by atoms with Gasteiger partial charge < -0.3 is 28.8 Å². The highest BCUT2D eigenvalue weighted by Gasteiger charge is 2.23. The molecule has 318 valence electrons. The molecule has 0 saturated carbocycles. The number of quaternary nitrogens is 1. The Morgan fingerprint density at radius 2 is 1.04 bits per heavy atom. The maximum absolute atomic E-state index is 12.8. The van der Waals surface area contributed by atoms with Crippen LogP contribution in [0.2, 0.25) is 0 Å². The Hall–Kier alpha value is -1.28. The minimum absolute atomic E-state index is 0.00721. The number of hydrogen-bond acceptors (Lipinski definition) is 6. The zero-order valence-electron chi connectivity index (χ0n) is 35.9. The van der Waals surface area contributed by atoms with Gasteiger partial charge in [-0.3, -0.25) is 9.36 Å². The van der Waals surface area contributed by atoms with E-state index in [9.17, 15) is 19.4 Å². The fraction of sp³-hybridized carbons (Fsp3) is 0.844. The molecule has 0 saturated heterocycles. The monoisotopic (exact) mass is 783 g/mol. The number of carbonyl (C=O) groups is 1. The second-order valence-electron chi connectivity index (χ2n) is 16.4. The first-order valence-corrected chi connectivity index (χ1v) is 23.8. The molecular formula is C45H87N2O6P. The van der Waals surface area contributed by atoms with Crippen molar-refractivity contribution in [1.82, 2.24) is 5.32 Å². The number of unbranched alkanes of at least 4 members (excludes halogenated alkanes) is 23. The van der Waals surface area contributed by atoms with Gasteiger partial charge in [0.05, 0.1) is 39.9 Å². The van der Waals surface area contributed by atoms with Gasteiger partial charge in [-0.1, -0.05) is 166 Å². The molecule has 0 rings (SSSR count). The van der Waals surface area contributed by atoms with E-state index in [0.29, 0.717) is 17.4 Å². The van der Waals surface area contributed by atoms with E-state index in [2.05, 4.69) is 43.5 Å². The van der Waals surface area contributed by atoms with E-state index in [1.807, 2.05) is 27.2 Å². The molecular weight excluding hydrogens is 695 g/mol. The summed E-state index contributed by atoms with van der Waals surface area (Å²) in [6.07, 6.45) is 44.7. The minimum Gasteiger partial charge on any atom is -0.756 e. The van der Waals surface area contributed by atoms with Crippen LogP contribution in [0.1, 0.15) is 194 Å². The maximum Gasteiger partial charge on any atom is 0.268 e. The van der Waals surface area contributed by atoms with Crippen LogP contribution >= 0.6 is 7.82 Å². The van der Waals surface area contributed by atoms with Crippen molar-refractivity contribution in [3.63, 3.8) is 0 Å². The Kier molecular flexibility index (Phi) is 36.4. The highest BCUT2D eigenvalue weighted by molar-refractivity contribution is 7.45. The van der Waals surface area contributed by atoms with Crippen LogP contribution in [0.5, 0.6) is 0 Å². The van der Waals surface area contributed by atoms with Crippen LogP contribution in [0.3, 0.4) is 0 Å². The number of phosphoric ester groups is 1. The Bertz CT molecular complexity index is 980. The molecule has 1 amide bonds. The molecule has 0 aromatic heterocycles. The van der Waals surface area contributed by atoms with Gasteiger partial charge in [-0.15, -0.1) is 0 Å². The van der Waals surface area contributed by atoms with Crippen LogP contribution in [0.4, 0.5) is 0 Å². The summed E-state index contributed by atoms with van der Waals surface area (Å²) >= 11 is 0. The van der Waals surface area contributed by atoms with Gasteiger partial charge >= 0.3 is 0 Å². The Morgan fingerprint density at radius 1 is 0.630 bits per heavy atom. The van der Waals surface area contributed by atoms with Gasteiger partial charge in [-0.05, 0) is 57.8 Å². The first kappa shape index (κ1) is 52.7. The van der Waals surface area contributed by atoms with Crippen LogP contribution in [-0.2, 0) is 18.4 Å². The summed E-state index contributed by atoms with van der Waals surface area (Å²) in [4.78, 5) is 25.3. The summed E-state index contributed by atoms with van der Waals surface area (Å²) in [6.45, 7) is 4.61. The van der Waals surface area contributed by atoms with E-state index in [4.69, 9.17) is 9.05 Å². The number of allylic oxidation sites excluding steroid dienone is 5. The van der Waals surface area contributed by atoms with Crippen LogP contribution in [-0.4, -0.2) is 68.5 Å². The lowest BCUT2D eigenvalue weighted by Crippen LogP contribution is -2.45. The topological polar surface area (TPSA) is 108 Å². The molecule has 0 aromatic rings. The standard InChI is InChI=1S/C45H87N2O6P/c1-6-8-10-12-14-16-18-20-22-23-24-25-27-29-31-33-35-37-39-45(49)46-43(42-53-54(50,51)52-41-40-47(3,4)5)44(48)38-36-34-32-30-28-26-21-19-17-15-13-11-9-7-2/h22-23,28,30,36,38,43-44,48H,6-21,24-27,29,31-35,37,39-42H2,1-5H3,(H-,46,49,50,51)/b23-22-,30-28+,38-36+. The SMILES string of the molecule is CCCCCCCCC/C=C\CCCCCCCCCC(=O)NC(COP(=O)([O-])OCC[N+](C)(C)C)C(O)/C=C/CC/C=C/CCCCCCCCCC. The van der Waals surface area contributed by atoms with Crippen LogP contribution in [0, 0.1) is 0 Å². The number of aliphatic hydroxyl groups excluding tert-OH is 1. The molecule has 0 radical (unpaired) electrons. The van der Waals surface area contributed by atoms with Crippen molar-refractivity contribution in [3.8, 4) is 0 Å². The first-order chi connectivity index (χ1) is 26.0. The van der Waals surface area contributed by atoms with Gasteiger partial charge in [0, 0.05) is 6.42 Å². The largest absolute Gasteiger partial charge is 0.756 e. The lowest BCUT2D eigenvalue weighted by atomic mass is 10.1. The summed E-state index contributed by atoms with van der Waals surface area (Å²) in [6, 6.07) is -0.903. The smallest absolute Gasteiger partial charge is 0.268 e. The number of amides is 1. The molecule has 3 atom stereocenters.